The fraction of sp³-hybridized carbons (Fsp3) is 0.591. The van der Waals surface area contributed by atoms with Gasteiger partial charge in [-0.2, -0.15) is 0 Å². The van der Waals surface area contributed by atoms with E-state index < -0.39 is 6.10 Å². The van der Waals surface area contributed by atoms with E-state index in [0.29, 0.717) is 24.5 Å². The number of halogens is 2. The van der Waals surface area contributed by atoms with Crippen molar-refractivity contribution in [3.63, 3.8) is 0 Å². The van der Waals surface area contributed by atoms with Gasteiger partial charge in [-0.15, -0.1) is 11.6 Å². The summed E-state index contributed by atoms with van der Waals surface area (Å²) in [5, 5.41) is 11.0. The van der Waals surface area contributed by atoms with Crippen molar-refractivity contribution in [3.05, 3.63) is 40.9 Å². The van der Waals surface area contributed by atoms with Gasteiger partial charge in [-0.1, -0.05) is 30.7 Å². The first-order chi connectivity index (χ1) is 13.4. The third-order valence-corrected chi connectivity index (χ3v) is 6.03. The van der Waals surface area contributed by atoms with Gasteiger partial charge in [0, 0.05) is 22.7 Å². The first-order valence-electron chi connectivity index (χ1n) is 9.90. The number of aliphatic hydroxyl groups excluding tert-OH is 1. The molecular formula is C22H30Cl2O4. The van der Waals surface area contributed by atoms with Crippen LogP contribution in [0.25, 0.3) is 0 Å². The Balaban J connectivity index is 1.87. The Morgan fingerprint density at radius 2 is 2.07 bits per heavy atom. The normalized spacial score (nSPS) is 24.6. The van der Waals surface area contributed by atoms with Crippen molar-refractivity contribution in [1.82, 2.24) is 0 Å². The Hall–Kier alpha value is -1.23. The highest BCUT2D eigenvalue weighted by Gasteiger charge is 2.41. The predicted octanol–water partition coefficient (Wildman–Crippen LogP) is 5.18. The Morgan fingerprint density at radius 3 is 2.79 bits per heavy atom. The number of carbonyl (C=O) groups is 1. The number of benzene rings is 1. The van der Waals surface area contributed by atoms with E-state index in [1.54, 1.807) is 6.07 Å². The SMILES string of the molecule is CCc1cc(Cl)cc(OC[C@@H]2[C@@H](C/C=C\CCCC(=O)OC)[C@H](Cl)C[C@H]2O)c1. The highest BCUT2D eigenvalue weighted by atomic mass is 35.5. The lowest BCUT2D eigenvalue weighted by Gasteiger charge is -2.23. The molecule has 6 heteroatoms. The Bertz CT molecular complexity index is 662. The molecule has 1 fully saturated rings. The summed E-state index contributed by atoms with van der Waals surface area (Å²) >= 11 is 12.6. The maximum atomic E-state index is 11.1. The van der Waals surface area contributed by atoms with Gasteiger partial charge in [0.1, 0.15) is 5.75 Å². The van der Waals surface area contributed by atoms with E-state index in [0.717, 1.165) is 37.0 Å². The molecule has 1 aromatic carbocycles. The van der Waals surface area contributed by atoms with Crippen LogP contribution in [0.15, 0.2) is 30.4 Å². The Labute approximate surface area is 177 Å². The fourth-order valence-electron chi connectivity index (χ4n) is 3.63. The van der Waals surface area contributed by atoms with Crippen molar-refractivity contribution in [3.8, 4) is 5.75 Å². The highest BCUT2D eigenvalue weighted by Crippen LogP contribution is 2.39. The summed E-state index contributed by atoms with van der Waals surface area (Å²) in [5.74, 6) is 0.675. The molecular weight excluding hydrogens is 399 g/mol. The van der Waals surface area contributed by atoms with E-state index in [2.05, 4.69) is 23.8 Å². The van der Waals surface area contributed by atoms with Crippen LogP contribution in [0.2, 0.25) is 5.02 Å². The molecule has 28 heavy (non-hydrogen) atoms. The van der Waals surface area contributed by atoms with Gasteiger partial charge >= 0.3 is 5.97 Å². The molecule has 1 N–H and O–H groups in total. The number of rotatable bonds is 10. The number of hydrogen-bond acceptors (Lipinski definition) is 4. The number of ether oxygens (including phenoxy) is 2. The maximum Gasteiger partial charge on any atom is 0.305 e. The molecule has 0 spiro atoms. The van der Waals surface area contributed by atoms with Crippen LogP contribution < -0.4 is 4.74 Å². The molecule has 1 aliphatic rings. The number of allylic oxidation sites excluding steroid dienone is 2. The van der Waals surface area contributed by atoms with Crippen molar-refractivity contribution in [1.29, 1.82) is 0 Å². The van der Waals surface area contributed by atoms with Crippen molar-refractivity contribution < 1.29 is 19.4 Å². The zero-order valence-electron chi connectivity index (χ0n) is 16.6. The second-order valence-corrected chi connectivity index (χ2v) is 8.28. The van der Waals surface area contributed by atoms with Crippen molar-refractivity contribution >= 4 is 29.2 Å². The molecule has 0 heterocycles. The number of unbranched alkanes of at least 4 members (excludes halogenated alkanes) is 1. The molecule has 0 aromatic heterocycles. The van der Waals surface area contributed by atoms with Crippen LogP contribution >= 0.6 is 23.2 Å². The lowest BCUT2D eigenvalue weighted by Crippen LogP contribution is -2.27. The second kappa shape index (κ2) is 11.7. The van der Waals surface area contributed by atoms with Gasteiger partial charge in [0.25, 0.3) is 0 Å². The Kier molecular flexibility index (Phi) is 9.63. The first kappa shape index (κ1) is 23.1. The van der Waals surface area contributed by atoms with Gasteiger partial charge < -0.3 is 14.6 Å². The van der Waals surface area contributed by atoms with E-state index in [1.807, 2.05) is 12.1 Å². The minimum Gasteiger partial charge on any atom is -0.493 e. The van der Waals surface area contributed by atoms with Gasteiger partial charge in [-0.25, -0.2) is 0 Å². The van der Waals surface area contributed by atoms with Crippen LogP contribution in [0.3, 0.4) is 0 Å². The molecule has 0 unspecified atom stereocenters. The summed E-state index contributed by atoms with van der Waals surface area (Å²) in [4.78, 5) is 11.1. The largest absolute Gasteiger partial charge is 0.493 e. The van der Waals surface area contributed by atoms with Gasteiger partial charge in [-0.3, -0.25) is 4.79 Å². The van der Waals surface area contributed by atoms with Crippen LogP contribution in [0, 0.1) is 11.8 Å². The van der Waals surface area contributed by atoms with Crippen LogP contribution in [-0.4, -0.2) is 36.3 Å². The topological polar surface area (TPSA) is 55.8 Å². The smallest absolute Gasteiger partial charge is 0.305 e. The summed E-state index contributed by atoms with van der Waals surface area (Å²) in [7, 11) is 1.40. The summed E-state index contributed by atoms with van der Waals surface area (Å²) in [5.41, 5.74) is 1.12. The van der Waals surface area contributed by atoms with E-state index in [9.17, 15) is 9.90 Å². The van der Waals surface area contributed by atoms with Gasteiger partial charge in [-0.05, 0) is 61.8 Å². The quantitative estimate of drug-likeness (QED) is 0.241. The van der Waals surface area contributed by atoms with Crippen LogP contribution in [0.1, 0.15) is 44.6 Å². The zero-order chi connectivity index (χ0) is 20.5. The van der Waals surface area contributed by atoms with E-state index in [-0.39, 0.29) is 23.2 Å². The summed E-state index contributed by atoms with van der Waals surface area (Å²) in [6.45, 7) is 2.48. The Morgan fingerprint density at radius 1 is 1.29 bits per heavy atom. The minimum absolute atomic E-state index is 0.0220. The lowest BCUT2D eigenvalue weighted by molar-refractivity contribution is -0.140. The number of aryl methyl sites for hydroxylation is 1. The summed E-state index contributed by atoms with van der Waals surface area (Å²) in [6, 6.07) is 5.72. The van der Waals surface area contributed by atoms with Gasteiger partial charge in [0.15, 0.2) is 0 Å². The molecule has 4 atom stereocenters. The molecule has 0 bridgehead atoms. The molecule has 0 aliphatic heterocycles. The molecule has 4 nitrogen and oxygen atoms in total. The standard InChI is InChI=1S/C22H30Cl2O4/c1-3-15-10-16(23)12-17(11-15)28-14-19-18(20(24)13-21(19)25)8-6-4-5-7-9-22(26)27-2/h4,6,10-12,18-21,25H,3,5,7-9,13-14H2,1-2H3/b6-4-/t18-,19-,20-,21-/m1/s1. The van der Waals surface area contributed by atoms with Crippen molar-refractivity contribution in [2.45, 2.75) is 56.9 Å². The third-order valence-electron chi connectivity index (χ3n) is 5.31. The molecule has 0 amide bonds. The predicted molar refractivity (Wildman–Crippen MR) is 113 cm³/mol. The number of alkyl halides is 1. The fourth-order valence-corrected chi connectivity index (χ4v) is 4.35. The van der Waals surface area contributed by atoms with Gasteiger partial charge in [0.05, 0.1) is 19.8 Å². The second-order valence-electron chi connectivity index (χ2n) is 7.28. The monoisotopic (exact) mass is 428 g/mol. The zero-order valence-corrected chi connectivity index (χ0v) is 18.1. The average Bonchev–Trinajstić information content (AvgIpc) is 2.94. The molecule has 156 valence electrons. The van der Waals surface area contributed by atoms with Crippen molar-refractivity contribution in [2.75, 3.05) is 13.7 Å². The lowest BCUT2D eigenvalue weighted by atomic mass is 9.92. The number of hydrogen-bond donors (Lipinski definition) is 1. The minimum atomic E-state index is -0.468. The van der Waals surface area contributed by atoms with E-state index >= 15 is 0 Å². The van der Waals surface area contributed by atoms with Gasteiger partial charge in [0.2, 0.25) is 0 Å². The summed E-state index contributed by atoms with van der Waals surface area (Å²) < 4.78 is 10.6. The first-order valence-corrected chi connectivity index (χ1v) is 10.7. The molecule has 1 aromatic rings. The maximum absolute atomic E-state index is 11.1. The molecule has 0 radical (unpaired) electrons. The number of aliphatic hydroxyl groups is 1. The van der Waals surface area contributed by atoms with Crippen LogP contribution in [-0.2, 0) is 16.0 Å². The van der Waals surface area contributed by atoms with Crippen LogP contribution in [0.4, 0.5) is 0 Å². The summed E-state index contributed by atoms with van der Waals surface area (Å²) in [6.07, 6.45) is 7.95. The highest BCUT2D eigenvalue weighted by molar-refractivity contribution is 6.30. The number of esters is 1. The number of methoxy groups -OCH3 is 1. The molecule has 1 saturated carbocycles. The molecule has 2 rings (SSSR count). The third kappa shape index (κ3) is 6.98. The molecule has 0 saturated heterocycles. The molecule has 1 aliphatic carbocycles. The number of carbonyl (C=O) groups excluding carboxylic acids is 1. The average molecular weight is 429 g/mol. The van der Waals surface area contributed by atoms with E-state index in [1.165, 1.54) is 7.11 Å². The van der Waals surface area contributed by atoms with Crippen LogP contribution in [0.5, 0.6) is 5.75 Å². The van der Waals surface area contributed by atoms with Crippen molar-refractivity contribution in [2.24, 2.45) is 11.8 Å². The van der Waals surface area contributed by atoms with E-state index in [4.69, 9.17) is 27.9 Å².